The summed E-state index contributed by atoms with van der Waals surface area (Å²) in [5.41, 5.74) is 2.85. The maximum absolute atomic E-state index is 10.2. The van der Waals surface area contributed by atoms with Crippen LogP contribution in [0.3, 0.4) is 0 Å². The van der Waals surface area contributed by atoms with Crippen LogP contribution in [0.15, 0.2) is 53.6 Å². The van der Waals surface area contributed by atoms with E-state index < -0.39 is 6.10 Å². The van der Waals surface area contributed by atoms with Crippen LogP contribution in [0.1, 0.15) is 25.3 Å². The molecular formula is C18H24O4. The molecule has 4 heteroatoms. The van der Waals surface area contributed by atoms with Crippen molar-refractivity contribution in [3.05, 3.63) is 59.2 Å². The van der Waals surface area contributed by atoms with Crippen LogP contribution >= 0.6 is 0 Å². The van der Waals surface area contributed by atoms with Crippen molar-refractivity contribution in [3.63, 3.8) is 0 Å². The third-order valence-electron chi connectivity index (χ3n) is 3.36. The van der Waals surface area contributed by atoms with Crippen molar-refractivity contribution in [2.75, 3.05) is 13.2 Å². The van der Waals surface area contributed by atoms with Gasteiger partial charge in [-0.3, -0.25) is 0 Å². The predicted octanol–water partition coefficient (Wildman–Crippen LogP) is 2.40. The molecule has 0 fully saturated rings. The zero-order valence-corrected chi connectivity index (χ0v) is 12.9. The first-order valence-electron chi connectivity index (χ1n) is 7.22. The molecule has 0 amide bonds. The lowest BCUT2D eigenvalue weighted by molar-refractivity contribution is 0.197. The molecule has 1 rings (SSSR count). The van der Waals surface area contributed by atoms with E-state index in [4.69, 9.17) is 10.2 Å². The smallest absolute Gasteiger partial charge is 0.116 e. The first kappa shape index (κ1) is 18.2. The molecule has 1 aromatic rings. The van der Waals surface area contributed by atoms with Crippen LogP contribution in [-0.2, 0) is 0 Å². The van der Waals surface area contributed by atoms with E-state index in [-0.39, 0.29) is 19.0 Å². The van der Waals surface area contributed by atoms with E-state index in [9.17, 15) is 10.2 Å². The lowest BCUT2D eigenvalue weighted by Crippen LogP contribution is -2.14. The van der Waals surface area contributed by atoms with Crippen molar-refractivity contribution in [3.8, 4) is 5.75 Å². The van der Waals surface area contributed by atoms with E-state index in [1.807, 2.05) is 19.1 Å². The Morgan fingerprint density at radius 2 is 2.05 bits per heavy atom. The van der Waals surface area contributed by atoms with Gasteiger partial charge in [-0.2, -0.15) is 0 Å². The molecule has 0 saturated heterocycles. The maximum atomic E-state index is 10.2. The minimum absolute atomic E-state index is 0.205. The average molecular weight is 304 g/mol. The monoisotopic (exact) mass is 304 g/mol. The lowest BCUT2D eigenvalue weighted by atomic mass is 9.96. The van der Waals surface area contributed by atoms with Crippen molar-refractivity contribution in [1.82, 2.24) is 0 Å². The summed E-state index contributed by atoms with van der Waals surface area (Å²) < 4.78 is 0. The summed E-state index contributed by atoms with van der Waals surface area (Å²) in [5.74, 6) is 0.217. The number of benzene rings is 1. The Hall–Kier alpha value is -1.88. The van der Waals surface area contributed by atoms with Crippen LogP contribution < -0.4 is 0 Å². The summed E-state index contributed by atoms with van der Waals surface area (Å²) in [6.07, 6.45) is 3.75. The molecule has 0 saturated carbocycles. The molecule has 0 radical (unpaired) electrons. The van der Waals surface area contributed by atoms with Crippen LogP contribution in [0.4, 0.5) is 0 Å². The van der Waals surface area contributed by atoms with Gasteiger partial charge in [-0.15, -0.1) is 0 Å². The van der Waals surface area contributed by atoms with Crippen LogP contribution in [0.25, 0.3) is 6.08 Å². The number of phenolic OH excluding ortho intramolecular Hbond substituents is 1. The number of aromatic hydroxyl groups is 1. The van der Waals surface area contributed by atoms with E-state index in [0.29, 0.717) is 24.0 Å². The van der Waals surface area contributed by atoms with Gasteiger partial charge >= 0.3 is 0 Å². The Kier molecular flexibility index (Phi) is 7.60. The highest BCUT2D eigenvalue weighted by atomic mass is 16.3. The molecule has 0 aliphatic carbocycles. The number of phenols is 1. The lowest BCUT2D eigenvalue weighted by Gasteiger charge is -2.16. The Morgan fingerprint density at radius 3 is 2.64 bits per heavy atom. The quantitative estimate of drug-likeness (QED) is 0.556. The van der Waals surface area contributed by atoms with Gasteiger partial charge in [0, 0.05) is 0 Å². The van der Waals surface area contributed by atoms with Crippen molar-refractivity contribution in [1.29, 1.82) is 0 Å². The molecule has 22 heavy (non-hydrogen) atoms. The topological polar surface area (TPSA) is 80.9 Å². The highest BCUT2D eigenvalue weighted by Gasteiger charge is 2.13. The summed E-state index contributed by atoms with van der Waals surface area (Å²) in [4.78, 5) is 0. The fraction of sp³-hybridized carbons (Fsp3) is 0.333. The number of rotatable bonds is 8. The zero-order valence-electron chi connectivity index (χ0n) is 12.9. The number of aliphatic hydroxyl groups is 3. The van der Waals surface area contributed by atoms with Crippen molar-refractivity contribution in [2.24, 2.45) is 0 Å². The van der Waals surface area contributed by atoms with E-state index in [0.717, 1.165) is 11.1 Å². The van der Waals surface area contributed by atoms with Gasteiger partial charge < -0.3 is 20.4 Å². The molecule has 1 aromatic carbocycles. The van der Waals surface area contributed by atoms with Gasteiger partial charge in [0.1, 0.15) is 5.75 Å². The third kappa shape index (κ3) is 5.85. The predicted molar refractivity (Wildman–Crippen MR) is 88.4 cm³/mol. The molecule has 1 unspecified atom stereocenters. The number of hydrogen-bond donors (Lipinski definition) is 4. The molecule has 0 aliphatic heterocycles. The van der Waals surface area contributed by atoms with Crippen molar-refractivity contribution in [2.45, 2.75) is 25.9 Å². The first-order valence-corrected chi connectivity index (χ1v) is 7.22. The van der Waals surface area contributed by atoms with Crippen LogP contribution in [0, 0.1) is 0 Å². The van der Waals surface area contributed by atoms with E-state index in [2.05, 4.69) is 6.58 Å². The number of aliphatic hydroxyl groups excluding tert-OH is 3. The van der Waals surface area contributed by atoms with Gasteiger partial charge in [0.2, 0.25) is 0 Å². The van der Waals surface area contributed by atoms with Gasteiger partial charge in [-0.05, 0) is 48.6 Å². The summed E-state index contributed by atoms with van der Waals surface area (Å²) in [6, 6.07) is 6.95. The van der Waals surface area contributed by atoms with Crippen molar-refractivity contribution < 1.29 is 20.4 Å². The summed E-state index contributed by atoms with van der Waals surface area (Å²) in [5, 5.41) is 37.7. The van der Waals surface area contributed by atoms with Crippen molar-refractivity contribution >= 4 is 6.08 Å². The highest BCUT2D eigenvalue weighted by molar-refractivity contribution is 5.54. The number of allylic oxidation sites excluding steroid dienone is 1. The van der Waals surface area contributed by atoms with Crippen LogP contribution in [0.2, 0.25) is 0 Å². The molecule has 4 N–H and O–H groups in total. The van der Waals surface area contributed by atoms with Gasteiger partial charge in [0.15, 0.2) is 0 Å². The Balaban J connectivity index is 2.67. The molecule has 1 atom stereocenters. The van der Waals surface area contributed by atoms with Gasteiger partial charge in [-0.25, -0.2) is 0 Å². The SMILES string of the molecule is C=C(CO)/C(=C/CO)C(O)CC/C(C)=C/c1cccc(O)c1. The van der Waals surface area contributed by atoms with E-state index in [1.165, 1.54) is 6.08 Å². The van der Waals surface area contributed by atoms with E-state index in [1.54, 1.807) is 18.2 Å². The summed E-state index contributed by atoms with van der Waals surface area (Å²) in [7, 11) is 0. The highest BCUT2D eigenvalue weighted by Crippen LogP contribution is 2.20. The van der Waals surface area contributed by atoms with Gasteiger partial charge in [0.05, 0.1) is 19.3 Å². The summed E-state index contributed by atoms with van der Waals surface area (Å²) in [6.45, 7) is 5.18. The largest absolute Gasteiger partial charge is 0.508 e. The molecule has 0 heterocycles. The Bertz CT molecular complexity index is 558. The molecule has 4 nitrogen and oxygen atoms in total. The Morgan fingerprint density at radius 1 is 1.32 bits per heavy atom. The normalized spacial score (nSPS) is 14.0. The molecule has 120 valence electrons. The molecule has 0 aliphatic rings. The Labute approximate surface area is 131 Å². The molecule has 0 bridgehead atoms. The van der Waals surface area contributed by atoms with Crippen LogP contribution in [0.5, 0.6) is 5.75 Å². The second-order valence-electron chi connectivity index (χ2n) is 5.24. The van der Waals surface area contributed by atoms with Gasteiger partial charge in [0.25, 0.3) is 0 Å². The average Bonchev–Trinajstić information content (AvgIpc) is 2.49. The minimum Gasteiger partial charge on any atom is -0.508 e. The second-order valence-corrected chi connectivity index (χ2v) is 5.24. The van der Waals surface area contributed by atoms with Gasteiger partial charge in [-0.1, -0.05) is 36.4 Å². The summed E-state index contributed by atoms with van der Waals surface area (Å²) >= 11 is 0. The molecular weight excluding hydrogens is 280 g/mol. The minimum atomic E-state index is -0.778. The molecule has 0 aromatic heterocycles. The zero-order chi connectivity index (χ0) is 16.5. The second kappa shape index (κ2) is 9.20. The van der Waals surface area contributed by atoms with E-state index >= 15 is 0 Å². The third-order valence-corrected chi connectivity index (χ3v) is 3.36. The standard InChI is InChI=1S/C18H24O4/c1-13(10-15-4-3-5-16(21)11-15)6-7-18(22)17(8-9-19)14(2)12-20/h3-5,8,10-11,18-22H,2,6-7,9,12H2,1H3/b13-10+,17-8-. The van der Waals surface area contributed by atoms with Crippen LogP contribution in [-0.4, -0.2) is 39.7 Å². The fourth-order valence-corrected chi connectivity index (χ4v) is 2.20. The first-order chi connectivity index (χ1) is 10.5. The molecule has 0 spiro atoms. The maximum Gasteiger partial charge on any atom is 0.116 e. The fourth-order valence-electron chi connectivity index (χ4n) is 2.20. The number of hydrogen-bond acceptors (Lipinski definition) is 4.